The minimum absolute atomic E-state index is 0. The molecule has 2 bridgehead atoms. The van der Waals surface area contributed by atoms with Crippen molar-refractivity contribution in [3.05, 3.63) is 58.9 Å². The summed E-state index contributed by atoms with van der Waals surface area (Å²) in [5.74, 6) is 0.320. The van der Waals surface area contributed by atoms with Crippen LogP contribution in [-0.2, 0) is 0 Å². The van der Waals surface area contributed by atoms with Crippen molar-refractivity contribution in [1.29, 1.82) is 0 Å². The van der Waals surface area contributed by atoms with Crippen LogP contribution in [0.3, 0.4) is 0 Å². The molecule has 0 radical (unpaired) electrons. The van der Waals surface area contributed by atoms with Crippen LogP contribution in [0.25, 0.3) is 0 Å². The summed E-state index contributed by atoms with van der Waals surface area (Å²) in [5.41, 5.74) is 0.382. The fourth-order valence-corrected chi connectivity index (χ4v) is 4.01. The number of nitrogens with one attached hydrogen (secondary N) is 2. The van der Waals surface area contributed by atoms with Crippen LogP contribution in [0.2, 0.25) is 5.02 Å². The normalized spacial score (nSPS) is 23.4. The zero-order valence-corrected chi connectivity index (χ0v) is 16.2. The van der Waals surface area contributed by atoms with Gasteiger partial charge in [-0.15, -0.1) is 12.4 Å². The highest BCUT2D eigenvalue weighted by Crippen LogP contribution is 2.30. The summed E-state index contributed by atoms with van der Waals surface area (Å²) in [4.78, 5) is 12.8. The molecule has 4 rings (SSSR count). The lowest BCUT2D eigenvalue weighted by Gasteiger charge is -2.29. The summed E-state index contributed by atoms with van der Waals surface area (Å²) >= 11 is 6.09. The molecule has 0 spiro atoms. The van der Waals surface area contributed by atoms with Crippen molar-refractivity contribution in [2.75, 3.05) is 0 Å². The van der Waals surface area contributed by atoms with Gasteiger partial charge in [-0.1, -0.05) is 11.6 Å². The largest absolute Gasteiger partial charge is 0.457 e. The predicted molar refractivity (Wildman–Crippen MR) is 106 cm³/mol. The number of rotatable bonds is 4. The number of hydrogen-bond acceptors (Lipinski definition) is 3. The van der Waals surface area contributed by atoms with Crippen LogP contribution in [0.1, 0.15) is 36.0 Å². The van der Waals surface area contributed by atoms with Gasteiger partial charge in [-0.2, -0.15) is 0 Å². The molecule has 0 aromatic heterocycles. The number of ether oxygens (including phenoxy) is 1. The Hall–Kier alpha value is -1.82. The number of halogens is 3. The van der Waals surface area contributed by atoms with E-state index in [0.29, 0.717) is 34.2 Å². The Morgan fingerprint density at radius 1 is 1.11 bits per heavy atom. The van der Waals surface area contributed by atoms with Gasteiger partial charge in [0.2, 0.25) is 0 Å². The van der Waals surface area contributed by atoms with Crippen LogP contribution >= 0.6 is 24.0 Å². The van der Waals surface area contributed by atoms with E-state index in [1.165, 1.54) is 37.1 Å². The van der Waals surface area contributed by atoms with Crippen LogP contribution < -0.4 is 15.4 Å². The lowest BCUT2D eigenvalue weighted by Crippen LogP contribution is -2.48. The number of benzene rings is 2. The standard InChI is InChI=1S/C20H20ClFN2O2.ClH/c21-12-1-8-19(26-17-6-2-13(22)3-7-17)18(9-12)20(25)24-16-10-14-4-5-15(11-16)23-14;/h1-3,6-9,14-16,23H,4-5,10-11H2,(H,24,25);1H. The maximum Gasteiger partial charge on any atom is 0.255 e. The van der Waals surface area contributed by atoms with Crippen LogP contribution in [-0.4, -0.2) is 24.0 Å². The van der Waals surface area contributed by atoms with Gasteiger partial charge in [-0.05, 0) is 68.1 Å². The summed E-state index contributed by atoms with van der Waals surface area (Å²) < 4.78 is 18.9. The Bertz CT molecular complexity index is 804. The third kappa shape index (κ3) is 4.72. The first-order valence-electron chi connectivity index (χ1n) is 8.87. The fourth-order valence-electron chi connectivity index (χ4n) is 3.84. The van der Waals surface area contributed by atoms with Crippen LogP contribution in [0.5, 0.6) is 11.5 Å². The van der Waals surface area contributed by atoms with E-state index in [0.717, 1.165) is 12.8 Å². The first-order valence-corrected chi connectivity index (χ1v) is 9.24. The number of carbonyl (C=O) groups excluding carboxylic acids is 1. The monoisotopic (exact) mass is 410 g/mol. The lowest BCUT2D eigenvalue weighted by molar-refractivity contribution is 0.0921. The summed E-state index contributed by atoms with van der Waals surface area (Å²) in [7, 11) is 0. The van der Waals surface area contributed by atoms with Crippen molar-refractivity contribution in [3.63, 3.8) is 0 Å². The Labute approximate surface area is 168 Å². The number of amides is 1. The van der Waals surface area contributed by atoms with Gasteiger partial charge in [0.05, 0.1) is 5.56 Å². The SMILES string of the molecule is Cl.O=C(NC1CC2CCC(C1)N2)c1cc(Cl)ccc1Oc1ccc(F)cc1. The van der Waals surface area contributed by atoms with Gasteiger partial charge in [-0.3, -0.25) is 4.79 Å². The van der Waals surface area contributed by atoms with E-state index in [2.05, 4.69) is 10.6 Å². The quantitative estimate of drug-likeness (QED) is 0.767. The van der Waals surface area contributed by atoms with E-state index in [4.69, 9.17) is 16.3 Å². The van der Waals surface area contributed by atoms with Gasteiger partial charge in [0.25, 0.3) is 5.91 Å². The van der Waals surface area contributed by atoms with Gasteiger partial charge >= 0.3 is 0 Å². The molecule has 1 amide bonds. The predicted octanol–water partition coefficient (Wildman–Crippen LogP) is 4.71. The second kappa shape index (κ2) is 8.46. The smallest absolute Gasteiger partial charge is 0.255 e. The molecule has 2 aromatic rings. The van der Waals surface area contributed by atoms with Gasteiger partial charge in [0.1, 0.15) is 17.3 Å². The lowest BCUT2D eigenvalue weighted by atomic mass is 9.99. The molecule has 27 heavy (non-hydrogen) atoms. The molecule has 2 aromatic carbocycles. The highest BCUT2D eigenvalue weighted by Gasteiger charge is 2.34. The van der Waals surface area contributed by atoms with E-state index < -0.39 is 0 Å². The maximum absolute atomic E-state index is 13.1. The minimum atomic E-state index is -0.341. The zero-order valence-electron chi connectivity index (χ0n) is 14.6. The van der Waals surface area contributed by atoms with E-state index in [-0.39, 0.29) is 30.2 Å². The summed E-state index contributed by atoms with van der Waals surface area (Å²) in [6.07, 6.45) is 4.23. The Morgan fingerprint density at radius 3 is 2.44 bits per heavy atom. The minimum Gasteiger partial charge on any atom is -0.457 e. The van der Waals surface area contributed by atoms with Crippen molar-refractivity contribution in [3.8, 4) is 11.5 Å². The molecule has 2 atom stereocenters. The maximum atomic E-state index is 13.1. The molecule has 7 heteroatoms. The van der Waals surface area contributed by atoms with Crippen LogP contribution in [0.15, 0.2) is 42.5 Å². The Kier molecular flexibility index (Phi) is 6.25. The summed E-state index contributed by atoms with van der Waals surface area (Å²) in [6.45, 7) is 0. The molecule has 2 fully saturated rings. The van der Waals surface area contributed by atoms with E-state index in [9.17, 15) is 9.18 Å². The van der Waals surface area contributed by atoms with Gasteiger partial charge in [0, 0.05) is 23.1 Å². The second-order valence-corrected chi connectivity index (χ2v) is 7.41. The number of carbonyl (C=O) groups is 1. The molecular weight excluding hydrogens is 390 g/mol. The van der Waals surface area contributed by atoms with Gasteiger partial charge in [-0.25, -0.2) is 4.39 Å². The van der Waals surface area contributed by atoms with Gasteiger partial charge in [0.15, 0.2) is 0 Å². The summed E-state index contributed by atoms with van der Waals surface area (Å²) in [5, 5.41) is 7.15. The second-order valence-electron chi connectivity index (χ2n) is 6.98. The Balaban J connectivity index is 0.00000210. The molecule has 2 N–H and O–H groups in total. The fraction of sp³-hybridized carbons (Fsp3) is 0.350. The molecular formula is C20H21Cl2FN2O2. The van der Waals surface area contributed by atoms with Gasteiger partial charge < -0.3 is 15.4 Å². The van der Waals surface area contributed by atoms with E-state index in [1.807, 2.05) is 0 Å². The molecule has 2 aliphatic rings. The zero-order chi connectivity index (χ0) is 18.1. The molecule has 0 aliphatic carbocycles. The number of fused-ring (bicyclic) bond motifs is 2. The van der Waals surface area contributed by atoms with Crippen molar-refractivity contribution in [1.82, 2.24) is 10.6 Å². The topological polar surface area (TPSA) is 50.4 Å². The molecule has 2 saturated heterocycles. The van der Waals surface area contributed by atoms with E-state index in [1.54, 1.807) is 18.2 Å². The van der Waals surface area contributed by atoms with Crippen LogP contribution in [0.4, 0.5) is 4.39 Å². The van der Waals surface area contributed by atoms with Crippen molar-refractivity contribution < 1.29 is 13.9 Å². The van der Waals surface area contributed by atoms with Crippen molar-refractivity contribution >= 4 is 29.9 Å². The number of piperidine rings is 1. The highest BCUT2D eigenvalue weighted by atomic mass is 35.5. The molecule has 4 nitrogen and oxygen atoms in total. The molecule has 0 saturated carbocycles. The Morgan fingerprint density at radius 2 is 1.78 bits per heavy atom. The molecule has 144 valence electrons. The summed E-state index contributed by atoms with van der Waals surface area (Å²) in [6, 6.07) is 11.7. The third-order valence-electron chi connectivity index (χ3n) is 5.04. The van der Waals surface area contributed by atoms with E-state index >= 15 is 0 Å². The average molecular weight is 411 g/mol. The van der Waals surface area contributed by atoms with Crippen molar-refractivity contribution in [2.24, 2.45) is 0 Å². The molecule has 2 heterocycles. The molecule has 2 unspecified atom stereocenters. The average Bonchev–Trinajstić information content (AvgIpc) is 2.97. The third-order valence-corrected chi connectivity index (χ3v) is 5.27. The van der Waals surface area contributed by atoms with Crippen LogP contribution in [0, 0.1) is 5.82 Å². The number of hydrogen-bond donors (Lipinski definition) is 2. The highest BCUT2D eigenvalue weighted by molar-refractivity contribution is 6.31. The molecule has 2 aliphatic heterocycles. The van der Waals surface area contributed by atoms with Crippen molar-refractivity contribution in [2.45, 2.75) is 43.8 Å². The first kappa shape index (κ1) is 19.9. The first-order chi connectivity index (χ1) is 12.6.